The number of rotatable bonds is 3. The van der Waals surface area contributed by atoms with Gasteiger partial charge in [-0.05, 0) is 35.4 Å². The number of alkyl halides is 3. The highest BCUT2D eigenvalue weighted by molar-refractivity contribution is 6.31. The molecule has 0 fully saturated rings. The van der Waals surface area contributed by atoms with Crippen LogP contribution in [0.2, 0.25) is 5.15 Å². The van der Waals surface area contributed by atoms with E-state index in [9.17, 15) is 13.2 Å². The van der Waals surface area contributed by atoms with Crippen LogP contribution in [0.1, 0.15) is 11.1 Å². The predicted molar refractivity (Wildman–Crippen MR) is 75.7 cm³/mol. The van der Waals surface area contributed by atoms with Crippen LogP contribution in [0, 0.1) is 0 Å². The van der Waals surface area contributed by atoms with Crippen LogP contribution in [0.5, 0.6) is 0 Å². The number of benzene rings is 1. The zero-order chi connectivity index (χ0) is 15.5. The van der Waals surface area contributed by atoms with Crippen molar-refractivity contribution in [1.82, 2.24) is 4.98 Å². The van der Waals surface area contributed by atoms with Gasteiger partial charge in [-0.25, -0.2) is 4.98 Å². The molecule has 0 amide bonds. The van der Waals surface area contributed by atoms with Crippen LogP contribution in [0.15, 0.2) is 42.8 Å². The largest absolute Gasteiger partial charge is 0.504 e. The van der Waals surface area contributed by atoms with E-state index in [0.29, 0.717) is 16.7 Å². The van der Waals surface area contributed by atoms with E-state index in [1.807, 2.05) is 0 Å². The Labute approximate surface area is 124 Å². The fourth-order valence-corrected chi connectivity index (χ4v) is 2.08. The first-order valence-electron chi connectivity index (χ1n) is 5.95. The Morgan fingerprint density at radius 1 is 1.24 bits per heavy atom. The van der Waals surface area contributed by atoms with Crippen molar-refractivity contribution in [2.45, 2.75) is 6.18 Å². The van der Waals surface area contributed by atoms with Crippen LogP contribution >= 0.6 is 11.6 Å². The molecule has 0 unspecified atom stereocenters. The molecule has 0 radical (unpaired) electrons. The molecule has 0 bridgehead atoms. The van der Waals surface area contributed by atoms with Gasteiger partial charge in [-0.3, -0.25) is 0 Å². The van der Waals surface area contributed by atoms with Crippen LogP contribution in [-0.2, 0) is 10.9 Å². The monoisotopic (exact) mass is 313 g/mol. The van der Waals surface area contributed by atoms with Gasteiger partial charge in [0, 0.05) is 11.8 Å². The van der Waals surface area contributed by atoms with Crippen molar-refractivity contribution < 1.29 is 17.9 Å². The molecule has 0 saturated heterocycles. The minimum absolute atomic E-state index is 0.193. The van der Waals surface area contributed by atoms with E-state index in [4.69, 9.17) is 16.3 Å². The zero-order valence-electron chi connectivity index (χ0n) is 11.0. The third kappa shape index (κ3) is 3.55. The Morgan fingerprint density at radius 2 is 2.00 bits per heavy atom. The van der Waals surface area contributed by atoms with E-state index in [1.54, 1.807) is 18.2 Å². The molecular formula is C15H11ClF3NO. The van der Waals surface area contributed by atoms with E-state index in [-0.39, 0.29) is 5.15 Å². The normalized spacial score (nSPS) is 11.9. The first kappa shape index (κ1) is 15.4. The smallest absolute Gasteiger partial charge is 0.416 e. The molecule has 1 aromatic carbocycles. The molecule has 2 nitrogen and oxygen atoms in total. The third-order valence-corrected chi connectivity index (χ3v) is 3.11. The first-order chi connectivity index (χ1) is 9.93. The van der Waals surface area contributed by atoms with Gasteiger partial charge in [-0.1, -0.05) is 23.7 Å². The van der Waals surface area contributed by atoms with Crippen molar-refractivity contribution in [2.75, 3.05) is 7.11 Å². The van der Waals surface area contributed by atoms with Crippen molar-refractivity contribution in [1.29, 1.82) is 0 Å². The average molecular weight is 314 g/mol. The second-order valence-electron chi connectivity index (χ2n) is 4.18. The Balaban J connectivity index is 2.57. The Bertz CT molecular complexity index is 668. The number of hydrogen-bond acceptors (Lipinski definition) is 2. The summed E-state index contributed by atoms with van der Waals surface area (Å²) >= 11 is 6.00. The van der Waals surface area contributed by atoms with Crippen LogP contribution in [0.3, 0.4) is 0 Å². The fraction of sp³-hybridized carbons (Fsp3) is 0.133. The lowest BCUT2D eigenvalue weighted by atomic mass is 9.99. The van der Waals surface area contributed by atoms with Gasteiger partial charge < -0.3 is 4.74 Å². The maximum atomic E-state index is 12.8. The molecule has 110 valence electrons. The summed E-state index contributed by atoms with van der Waals surface area (Å²) < 4.78 is 43.2. The minimum atomic E-state index is -4.39. The van der Waals surface area contributed by atoms with Crippen molar-refractivity contribution >= 4 is 17.7 Å². The second-order valence-corrected chi connectivity index (χ2v) is 4.54. The molecule has 2 aromatic rings. The van der Waals surface area contributed by atoms with Gasteiger partial charge in [-0.15, -0.1) is 0 Å². The molecule has 1 heterocycles. The van der Waals surface area contributed by atoms with E-state index in [0.717, 1.165) is 12.1 Å². The highest BCUT2D eigenvalue weighted by Crippen LogP contribution is 2.34. The molecule has 0 aliphatic rings. The van der Waals surface area contributed by atoms with Crippen molar-refractivity contribution in [3.8, 4) is 11.1 Å². The van der Waals surface area contributed by atoms with Gasteiger partial charge in [0.15, 0.2) is 0 Å². The average Bonchev–Trinajstić information content (AvgIpc) is 2.45. The number of nitrogens with zero attached hydrogens (tertiary/aromatic N) is 1. The number of hydrogen-bond donors (Lipinski definition) is 0. The van der Waals surface area contributed by atoms with E-state index < -0.39 is 11.7 Å². The lowest BCUT2D eigenvalue weighted by Crippen LogP contribution is -2.04. The maximum absolute atomic E-state index is 12.8. The molecule has 21 heavy (non-hydrogen) atoms. The number of methoxy groups -OCH3 is 1. The van der Waals surface area contributed by atoms with E-state index in [2.05, 4.69) is 4.98 Å². The lowest BCUT2D eigenvalue weighted by Gasteiger charge is -2.11. The summed E-state index contributed by atoms with van der Waals surface area (Å²) in [5.74, 6) is 0. The number of ether oxygens (including phenoxy) is 1. The molecular weight excluding hydrogens is 303 g/mol. The van der Waals surface area contributed by atoms with E-state index >= 15 is 0 Å². The standard InChI is InChI=1S/C15H11ClF3NO/c1-21-8-6-13-12(5-7-20-14(13)16)10-3-2-4-11(9-10)15(17,18)19/h2-9H,1H3/b8-6+. The SMILES string of the molecule is CO/C=C/c1c(-c2cccc(C(F)(F)F)c2)ccnc1Cl. The molecule has 0 spiro atoms. The fourth-order valence-electron chi connectivity index (χ4n) is 1.86. The van der Waals surface area contributed by atoms with Gasteiger partial charge in [0.25, 0.3) is 0 Å². The summed E-state index contributed by atoms with van der Waals surface area (Å²) in [5, 5.41) is 0.193. The molecule has 0 aliphatic carbocycles. The molecule has 1 aromatic heterocycles. The van der Waals surface area contributed by atoms with E-state index in [1.165, 1.54) is 25.6 Å². The van der Waals surface area contributed by atoms with Crippen LogP contribution in [0.4, 0.5) is 13.2 Å². The van der Waals surface area contributed by atoms with Crippen LogP contribution in [-0.4, -0.2) is 12.1 Å². The Hall–Kier alpha value is -2.01. The van der Waals surface area contributed by atoms with Crippen molar-refractivity contribution in [3.05, 3.63) is 59.1 Å². The Morgan fingerprint density at radius 3 is 2.67 bits per heavy atom. The predicted octanol–water partition coefficient (Wildman–Crippen LogP) is 5.04. The molecule has 0 aliphatic heterocycles. The van der Waals surface area contributed by atoms with Crippen LogP contribution in [0.25, 0.3) is 17.2 Å². The molecule has 2 rings (SSSR count). The summed E-state index contributed by atoms with van der Waals surface area (Å²) in [5.41, 5.74) is 0.745. The van der Waals surface area contributed by atoms with Gasteiger partial charge >= 0.3 is 6.18 Å². The summed E-state index contributed by atoms with van der Waals surface area (Å²) in [4.78, 5) is 3.93. The van der Waals surface area contributed by atoms with Crippen LogP contribution < -0.4 is 0 Å². The topological polar surface area (TPSA) is 22.1 Å². The van der Waals surface area contributed by atoms with Crippen molar-refractivity contribution in [3.63, 3.8) is 0 Å². The highest BCUT2D eigenvalue weighted by atomic mass is 35.5. The summed E-state index contributed by atoms with van der Waals surface area (Å²) in [6.07, 6.45) is 0.00235. The number of pyridine rings is 1. The van der Waals surface area contributed by atoms with Gasteiger partial charge in [0.05, 0.1) is 18.9 Å². The first-order valence-corrected chi connectivity index (χ1v) is 6.33. The quantitative estimate of drug-likeness (QED) is 0.585. The summed E-state index contributed by atoms with van der Waals surface area (Å²) in [6.45, 7) is 0. The van der Waals surface area contributed by atoms with Crippen molar-refractivity contribution in [2.24, 2.45) is 0 Å². The summed E-state index contributed by atoms with van der Waals surface area (Å²) in [6, 6.07) is 6.66. The molecule has 0 N–H and O–H groups in total. The zero-order valence-corrected chi connectivity index (χ0v) is 11.7. The van der Waals surface area contributed by atoms with Gasteiger partial charge in [-0.2, -0.15) is 13.2 Å². The molecule has 0 atom stereocenters. The molecule has 0 saturated carbocycles. The maximum Gasteiger partial charge on any atom is 0.416 e. The number of halogens is 4. The molecule has 6 heteroatoms. The lowest BCUT2D eigenvalue weighted by molar-refractivity contribution is -0.137. The van der Waals surface area contributed by atoms with Gasteiger partial charge in [0.1, 0.15) is 5.15 Å². The highest BCUT2D eigenvalue weighted by Gasteiger charge is 2.30. The number of aromatic nitrogens is 1. The van der Waals surface area contributed by atoms with Gasteiger partial charge in [0.2, 0.25) is 0 Å². The second kappa shape index (κ2) is 6.18. The Kier molecular flexibility index (Phi) is 4.53. The minimum Gasteiger partial charge on any atom is -0.504 e. The summed E-state index contributed by atoms with van der Waals surface area (Å²) in [7, 11) is 1.46. The third-order valence-electron chi connectivity index (χ3n) is 2.81.